The summed E-state index contributed by atoms with van der Waals surface area (Å²) >= 11 is 0. The van der Waals surface area contributed by atoms with Crippen molar-refractivity contribution >= 4 is 0 Å². The van der Waals surface area contributed by atoms with E-state index in [1.54, 1.807) is 7.05 Å². The third-order valence-electron chi connectivity index (χ3n) is 1.99. The van der Waals surface area contributed by atoms with Crippen molar-refractivity contribution in [3.63, 3.8) is 0 Å². The topological polar surface area (TPSA) is 55.3 Å². The Kier molecular flexibility index (Phi) is 3.19. The lowest BCUT2D eigenvalue weighted by atomic mass is 10.4. The molecule has 5 nitrogen and oxygen atoms in total. The van der Waals surface area contributed by atoms with Crippen LogP contribution in [0.2, 0.25) is 0 Å². The predicted molar refractivity (Wildman–Crippen MR) is 43.5 cm³/mol. The fraction of sp³-hybridized carbons (Fsp3) is 0.714. The molecule has 5 heteroatoms. The third-order valence-corrected chi connectivity index (χ3v) is 1.99. The van der Waals surface area contributed by atoms with Gasteiger partial charge in [0.15, 0.2) is 0 Å². The molecule has 1 fully saturated rings. The van der Waals surface area contributed by atoms with Gasteiger partial charge in [-0.2, -0.15) is 9.96 Å². The van der Waals surface area contributed by atoms with E-state index in [0.29, 0.717) is 5.12 Å². The summed E-state index contributed by atoms with van der Waals surface area (Å²) in [5.74, 6) is 0. The fourth-order valence-electron chi connectivity index (χ4n) is 1.11. The lowest BCUT2D eigenvalue weighted by Gasteiger charge is -2.33. The second-order valence-corrected chi connectivity index (χ2v) is 2.79. The summed E-state index contributed by atoms with van der Waals surface area (Å²) in [6.07, 6.45) is 2.20. The van der Waals surface area contributed by atoms with E-state index in [4.69, 9.17) is 0 Å². The monoisotopic (exact) mass is 173 g/mol. The number of rotatable bonds is 4. The van der Waals surface area contributed by atoms with Gasteiger partial charge in [0.2, 0.25) is 0 Å². The molecule has 1 aliphatic carbocycles. The van der Waals surface area contributed by atoms with Crippen molar-refractivity contribution in [2.75, 3.05) is 14.2 Å². The average Bonchev–Trinajstić information content (AvgIpc) is 2.87. The highest BCUT2D eigenvalue weighted by Crippen LogP contribution is 2.28. The molecule has 0 spiro atoms. The van der Waals surface area contributed by atoms with E-state index in [-0.39, 0.29) is 5.34 Å². The SMILES string of the molecule is C[N-][NH+](C(C)=C1CC1)[NH+]([O-])OC. The lowest BCUT2D eigenvalue weighted by Crippen LogP contribution is -3.54. The lowest BCUT2D eigenvalue weighted by molar-refractivity contribution is -1.53. The average molecular weight is 173 g/mol. The largest absolute Gasteiger partial charge is 0.550 e. The van der Waals surface area contributed by atoms with Crippen LogP contribution < -0.4 is 10.5 Å². The Morgan fingerprint density at radius 1 is 1.58 bits per heavy atom. The van der Waals surface area contributed by atoms with Gasteiger partial charge in [-0.3, -0.25) is 0 Å². The van der Waals surface area contributed by atoms with Crippen molar-refractivity contribution in [2.24, 2.45) is 0 Å². The maximum atomic E-state index is 11.1. The van der Waals surface area contributed by atoms with Gasteiger partial charge in [0.25, 0.3) is 0 Å². The van der Waals surface area contributed by atoms with Crippen molar-refractivity contribution in [2.45, 2.75) is 19.8 Å². The Morgan fingerprint density at radius 2 is 2.17 bits per heavy atom. The molecule has 0 aromatic heterocycles. The van der Waals surface area contributed by atoms with Gasteiger partial charge in [-0.1, -0.05) is 5.34 Å². The van der Waals surface area contributed by atoms with Crippen LogP contribution >= 0.6 is 0 Å². The van der Waals surface area contributed by atoms with Crippen LogP contribution in [0.1, 0.15) is 19.8 Å². The summed E-state index contributed by atoms with van der Waals surface area (Å²) in [5, 5.41) is 11.3. The molecule has 1 saturated carbocycles. The molecule has 1 rings (SSSR count). The molecule has 0 saturated heterocycles. The summed E-state index contributed by atoms with van der Waals surface area (Å²) in [4.78, 5) is 4.60. The van der Waals surface area contributed by atoms with Crippen LogP contribution in [0.3, 0.4) is 0 Å². The van der Waals surface area contributed by atoms with Gasteiger partial charge >= 0.3 is 0 Å². The van der Waals surface area contributed by atoms with E-state index >= 15 is 0 Å². The van der Waals surface area contributed by atoms with E-state index in [9.17, 15) is 5.21 Å². The van der Waals surface area contributed by atoms with E-state index in [2.05, 4.69) is 10.3 Å². The molecule has 0 aromatic carbocycles. The number of hydrogen-bond acceptors (Lipinski definition) is 2. The van der Waals surface area contributed by atoms with E-state index in [0.717, 1.165) is 18.5 Å². The number of nitrogens with one attached hydrogen (secondary N) is 2. The summed E-state index contributed by atoms with van der Waals surface area (Å²) in [6.45, 7) is 1.92. The zero-order valence-electron chi connectivity index (χ0n) is 7.68. The molecule has 1 aliphatic rings. The molecule has 2 N–H and O–H groups in total. The van der Waals surface area contributed by atoms with Gasteiger partial charge in [0.1, 0.15) is 12.8 Å². The Bertz CT molecular complexity index is 187. The van der Waals surface area contributed by atoms with Gasteiger partial charge in [0.05, 0.1) is 0 Å². The first-order valence-electron chi connectivity index (χ1n) is 3.94. The van der Waals surface area contributed by atoms with Crippen LogP contribution in [-0.2, 0) is 4.84 Å². The van der Waals surface area contributed by atoms with Crippen molar-refractivity contribution < 1.29 is 15.3 Å². The third kappa shape index (κ3) is 2.02. The minimum absolute atomic E-state index is 0.339. The van der Waals surface area contributed by atoms with Crippen molar-refractivity contribution in [1.29, 1.82) is 0 Å². The summed E-state index contributed by atoms with van der Waals surface area (Å²) in [5.41, 5.74) is 6.21. The molecule has 2 atom stereocenters. The minimum atomic E-state index is -0.339. The number of hydrogen-bond donors (Lipinski definition) is 2. The Hall–Kier alpha value is -0.460. The summed E-state index contributed by atoms with van der Waals surface area (Å²) < 4.78 is 0. The van der Waals surface area contributed by atoms with Gasteiger partial charge < -0.3 is 10.6 Å². The van der Waals surface area contributed by atoms with Gasteiger partial charge in [-0.05, 0) is 18.4 Å². The molecule has 70 valence electrons. The highest BCUT2D eigenvalue weighted by atomic mass is 16.9. The Morgan fingerprint density at radius 3 is 2.50 bits per heavy atom. The van der Waals surface area contributed by atoms with Crippen LogP contribution in [0, 0.1) is 5.21 Å². The van der Waals surface area contributed by atoms with E-state index in [1.165, 1.54) is 12.7 Å². The number of nitrogens with zero attached hydrogens (tertiary/aromatic N) is 1. The van der Waals surface area contributed by atoms with Gasteiger partial charge in [0, 0.05) is 6.92 Å². The molecule has 0 radical (unpaired) electrons. The summed E-state index contributed by atoms with van der Waals surface area (Å²) in [7, 11) is 2.98. The first-order valence-corrected chi connectivity index (χ1v) is 3.94. The molecule has 12 heavy (non-hydrogen) atoms. The molecule has 0 aliphatic heterocycles. The second-order valence-electron chi connectivity index (χ2n) is 2.79. The molecule has 0 amide bonds. The number of allylic oxidation sites excluding steroid dienone is 2. The van der Waals surface area contributed by atoms with Crippen LogP contribution in [0.4, 0.5) is 0 Å². The summed E-state index contributed by atoms with van der Waals surface area (Å²) in [6, 6.07) is 0. The zero-order valence-corrected chi connectivity index (χ0v) is 7.68. The minimum Gasteiger partial charge on any atom is -0.550 e. The quantitative estimate of drug-likeness (QED) is 0.520. The Balaban J connectivity index is 2.61. The molecule has 0 heterocycles. The molecule has 2 unspecified atom stereocenters. The predicted octanol–water partition coefficient (Wildman–Crippen LogP) is -1.28. The van der Waals surface area contributed by atoms with Gasteiger partial charge in [-0.25, -0.2) is 0 Å². The molecule has 0 bridgehead atoms. The van der Waals surface area contributed by atoms with Gasteiger partial charge in [-0.15, -0.1) is 7.05 Å². The normalized spacial score (nSPS) is 20.5. The first kappa shape index (κ1) is 9.63. The highest BCUT2D eigenvalue weighted by Gasteiger charge is 2.22. The molecular formula is C7H15N3O2. The maximum Gasteiger partial charge on any atom is 0.144 e. The highest BCUT2D eigenvalue weighted by molar-refractivity contribution is 5.18. The number of quaternary nitrogens is 2. The molecular weight excluding hydrogens is 158 g/mol. The maximum absolute atomic E-state index is 11.1. The van der Waals surface area contributed by atoms with Crippen LogP contribution in [0.15, 0.2) is 11.3 Å². The first-order chi connectivity index (χ1) is 5.70. The van der Waals surface area contributed by atoms with Crippen molar-refractivity contribution in [3.05, 3.63) is 21.9 Å². The smallest absolute Gasteiger partial charge is 0.144 e. The van der Waals surface area contributed by atoms with E-state index < -0.39 is 0 Å². The van der Waals surface area contributed by atoms with Crippen LogP contribution in [0.5, 0.6) is 0 Å². The molecule has 0 aromatic rings. The zero-order chi connectivity index (χ0) is 9.14. The standard InChI is InChI=1S/C7H15N3O2/c1-6(7-4-5-7)9(8-2)10(11)12-3/h9-10H,4-5H2,1-3H3. The van der Waals surface area contributed by atoms with Crippen LogP contribution in [0.25, 0.3) is 5.43 Å². The van der Waals surface area contributed by atoms with Crippen molar-refractivity contribution in [1.82, 2.24) is 0 Å². The fourth-order valence-corrected chi connectivity index (χ4v) is 1.11. The van der Waals surface area contributed by atoms with Crippen LogP contribution in [-0.4, -0.2) is 14.2 Å². The Labute approximate surface area is 72.1 Å². The van der Waals surface area contributed by atoms with E-state index in [1.807, 2.05) is 6.92 Å². The second kappa shape index (κ2) is 3.97. The van der Waals surface area contributed by atoms with Crippen molar-refractivity contribution in [3.8, 4) is 0 Å².